The minimum absolute atomic E-state index is 0.204. The fourth-order valence-corrected chi connectivity index (χ4v) is 3.28. The highest BCUT2D eigenvalue weighted by Gasteiger charge is 2.17. The summed E-state index contributed by atoms with van der Waals surface area (Å²) in [5.41, 5.74) is 0. The molecular formula is C10H18O2S2. The highest BCUT2D eigenvalue weighted by atomic mass is 33.1. The van der Waals surface area contributed by atoms with Crippen LogP contribution in [-0.2, 0) is 9.47 Å². The summed E-state index contributed by atoms with van der Waals surface area (Å²) in [6.07, 6.45) is 2.81. The van der Waals surface area contributed by atoms with Crippen molar-refractivity contribution in [2.45, 2.75) is 46.0 Å². The van der Waals surface area contributed by atoms with E-state index in [0.29, 0.717) is 0 Å². The summed E-state index contributed by atoms with van der Waals surface area (Å²) in [6.45, 7) is 8.20. The van der Waals surface area contributed by atoms with Gasteiger partial charge in [0.25, 0.3) is 0 Å². The van der Waals surface area contributed by atoms with Crippen LogP contribution in [0.4, 0.5) is 0 Å². The third kappa shape index (κ3) is 4.62. The van der Waals surface area contributed by atoms with Gasteiger partial charge in [-0.05, 0) is 44.6 Å². The summed E-state index contributed by atoms with van der Waals surface area (Å²) in [7, 11) is 3.49. The number of ether oxygens (including phenoxy) is 2. The van der Waals surface area contributed by atoms with E-state index in [2.05, 4.69) is 19.9 Å². The maximum Gasteiger partial charge on any atom is 0.162 e. The molecule has 1 aliphatic heterocycles. The molecule has 0 spiro atoms. The van der Waals surface area contributed by atoms with Gasteiger partial charge in [0.2, 0.25) is 0 Å². The molecule has 0 aromatic rings. The minimum atomic E-state index is 0.204. The maximum atomic E-state index is 5.71. The lowest BCUT2D eigenvalue weighted by Crippen LogP contribution is -2.20. The van der Waals surface area contributed by atoms with Crippen LogP contribution in [0, 0.1) is 0 Å². The Bertz CT molecular complexity index is 202. The van der Waals surface area contributed by atoms with Gasteiger partial charge in [-0.25, -0.2) is 0 Å². The Morgan fingerprint density at radius 1 is 1.29 bits per heavy atom. The van der Waals surface area contributed by atoms with Gasteiger partial charge in [-0.1, -0.05) is 10.8 Å². The van der Waals surface area contributed by atoms with E-state index in [9.17, 15) is 0 Å². The van der Waals surface area contributed by atoms with Gasteiger partial charge in [-0.15, -0.1) is 0 Å². The quantitative estimate of drug-likeness (QED) is 0.693. The molecular weight excluding hydrogens is 216 g/mol. The van der Waals surface area contributed by atoms with Gasteiger partial charge in [0.05, 0.1) is 18.3 Å². The first-order valence-corrected chi connectivity index (χ1v) is 7.23. The molecule has 1 rings (SSSR count). The molecule has 1 heterocycles. The first-order chi connectivity index (χ1) is 6.58. The zero-order valence-electron chi connectivity index (χ0n) is 9.15. The average Bonchev–Trinajstić information content (AvgIpc) is 2.01. The first-order valence-electron chi connectivity index (χ1n) is 4.91. The molecule has 1 atom stereocenters. The van der Waals surface area contributed by atoms with Gasteiger partial charge in [-0.2, -0.15) is 0 Å². The highest BCUT2D eigenvalue weighted by Crippen LogP contribution is 2.37. The van der Waals surface area contributed by atoms with Crippen LogP contribution in [0.15, 0.2) is 11.2 Å². The Morgan fingerprint density at radius 2 is 2.00 bits per heavy atom. The summed E-state index contributed by atoms with van der Waals surface area (Å²) >= 11 is 0. The summed E-state index contributed by atoms with van der Waals surface area (Å²) < 4.78 is 11.3. The van der Waals surface area contributed by atoms with E-state index >= 15 is 0 Å². The molecule has 0 saturated carbocycles. The second kappa shape index (κ2) is 5.93. The fraction of sp³-hybridized carbons (Fsp3) is 0.800. The molecule has 2 nitrogen and oxygen atoms in total. The molecule has 0 saturated heterocycles. The first kappa shape index (κ1) is 12.3. The zero-order chi connectivity index (χ0) is 10.6. The Labute approximate surface area is 94.2 Å². The molecule has 14 heavy (non-hydrogen) atoms. The number of hydrogen-bond acceptors (Lipinski definition) is 4. The van der Waals surface area contributed by atoms with Gasteiger partial charge < -0.3 is 9.47 Å². The van der Waals surface area contributed by atoms with Crippen molar-refractivity contribution in [2.24, 2.45) is 0 Å². The van der Waals surface area contributed by atoms with Crippen molar-refractivity contribution in [3.05, 3.63) is 11.2 Å². The van der Waals surface area contributed by atoms with Crippen molar-refractivity contribution >= 4 is 21.6 Å². The molecule has 82 valence electrons. The third-order valence-corrected chi connectivity index (χ3v) is 3.73. The van der Waals surface area contributed by atoms with E-state index in [4.69, 9.17) is 9.47 Å². The van der Waals surface area contributed by atoms with Crippen LogP contribution in [0.5, 0.6) is 0 Å². The van der Waals surface area contributed by atoms with Crippen LogP contribution in [0.1, 0.15) is 27.7 Å². The van der Waals surface area contributed by atoms with E-state index in [1.807, 2.05) is 13.8 Å². The number of hydrogen-bond donors (Lipinski definition) is 0. The molecule has 1 aliphatic rings. The molecule has 0 aromatic heterocycles. The van der Waals surface area contributed by atoms with E-state index in [1.54, 1.807) is 21.6 Å². The molecule has 0 fully saturated rings. The summed E-state index contributed by atoms with van der Waals surface area (Å²) in [5, 5.41) is 0.988. The van der Waals surface area contributed by atoms with E-state index < -0.39 is 0 Å². The van der Waals surface area contributed by atoms with Crippen molar-refractivity contribution in [3.8, 4) is 0 Å². The normalized spacial score (nSPS) is 22.7. The molecule has 1 unspecified atom stereocenters. The predicted molar refractivity (Wildman–Crippen MR) is 64.4 cm³/mol. The molecule has 0 bridgehead atoms. The lowest BCUT2D eigenvalue weighted by atomic mass is 10.3. The highest BCUT2D eigenvalue weighted by molar-refractivity contribution is 8.78. The Hall–Kier alpha value is 0.200. The molecule has 0 aromatic carbocycles. The van der Waals surface area contributed by atoms with Crippen molar-refractivity contribution in [1.82, 2.24) is 0 Å². The van der Waals surface area contributed by atoms with Gasteiger partial charge in [0, 0.05) is 5.75 Å². The Kier molecular flexibility index (Phi) is 5.20. The lowest BCUT2D eigenvalue weighted by molar-refractivity contribution is 0.0455. The molecule has 0 N–H and O–H groups in total. The van der Waals surface area contributed by atoms with E-state index in [0.717, 1.165) is 10.8 Å². The van der Waals surface area contributed by atoms with E-state index in [1.165, 1.54) is 0 Å². The summed E-state index contributed by atoms with van der Waals surface area (Å²) in [6, 6.07) is 0. The minimum Gasteiger partial charge on any atom is -0.484 e. The molecule has 0 radical (unpaired) electrons. The second-order valence-corrected chi connectivity index (χ2v) is 6.09. The maximum absolute atomic E-state index is 5.71. The van der Waals surface area contributed by atoms with Crippen LogP contribution in [-0.4, -0.2) is 24.1 Å². The van der Waals surface area contributed by atoms with Gasteiger partial charge in [-0.3, -0.25) is 0 Å². The van der Waals surface area contributed by atoms with Gasteiger partial charge in [0.1, 0.15) is 0 Å². The van der Waals surface area contributed by atoms with Crippen molar-refractivity contribution in [1.29, 1.82) is 0 Å². The largest absolute Gasteiger partial charge is 0.484 e. The van der Waals surface area contributed by atoms with Gasteiger partial charge in [0.15, 0.2) is 5.09 Å². The van der Waals surface area contributed by atoms with Crippen LogP contribution < -0.4 is 0 Å². The van der Waals surface area contributed by atoms with Crippen LogP contribution in [0.25, 0.3) is 0 Å². The molecule has 0 aliphatic carbocycles. The second-order valence-electron chi connectivity index (χ2n) is 3.74. The Morgan fingerprint density at radius 3 is 2.57 bits per heavy atom. The van der Waals surface area contributed by atoms with E-state index in [-0.39, 0.29) is 18.3 Å². The average molecular weight is 234 g/mol. The zero-order valence-corrected chi connectivity index (χ0v) is 10.8. The fourth-order valence-electron chi connectivity index (χ4n) is 1.11. The SMILES string of the molecule is CC(C)OC1=CC(OC(C)C)CSS1. The smallest absolute Gasteiger partial charge is 0.162 e. The summed E-state index contributed by atoms with van der Waals surface area (Å²) in [4.78, 5) is 0. The third-order valence-electron chi connectivity index (χ3n) is 1.49. The monoisotopic (exact) mass is 234 g/mol. The number of rotatable bonds is 4. The van der Waals surface area contributed by atoms with Crippen molar-refractivity contribution < 1.29 is 9.47 Å². The Balaban J connectivity index is 2.46. The summed E-state index contributed by atoms with van der Waals surface area (Å²) in [5.74, 6) is 1.01. The van der Waals surface area contributed by atoms with Crippen LogP contribution >= 0.6 is 21.6 Å². The molecule has 0 amide bonds. The predicted octanol–water partition coefficient (Wildman–Crippen LogP) is 3.44. The molecule has 4 heteroatoms. The van der Waals surface area contributed by atoms with Gasteiger partial charge >= 0.3 is 0 Å². The van der Waals surface area contributed by atoms with Crippen molar-refractivity contribution in [2.75, 3.05) is 5.75 Å². The van der Waals surface area contributed by atoms with Crippen LogP contribution in [0.3, 0.4) is 0 Å². The standard InChI is InChI=1S/C10H18O2S2/c1-7(2)11-9-5-10(12-8(3)4)14-13-6-9/h5,7-9H,6H2,1-4H3. The van der Waals surface area contributed by atoms with Crippen LogP contribution in [0.2, 0.25) is 0 Å². The lowest BCUT2D eigenvalue weighted by Gasteiger charge is -2.23. The van der Waals surface area contributed by atoms with Crippen molar-refractivity contribution in [3.63, 3.8) is 0 Å². The topological polar surface area (TPSA) is 18.5 Å².